The molecule has 110 valence electrons. The first kappa shape index (κ1) is 14.0. The van der Waals surface area contributed by atoms with E-state index < -0.39 is 0 Å². The summed E-state index contributed by atoms with van der Waals surface area (Å²) in [4.78, 5) is 20.4. The molecule has 5 heteroatoms. The molecule has 0 unspecified atom stereocenters. The third kappa shape index (κ3) is 3.04. The summed E-state index contributed by atoms with van der Waals surface area (Å²) in [5, 5.41) is 1.20. The Labute approximate surface area is 124 Å². The number of piperidine rings is 1. The van der Waals surface area contributed by atoms with Gasteiger partial charge in [0, 0.05) is 49.2 Å². The molecule has 2 fully saturated rings. The highest BCUT2D eigenvalue weighted by Crippen LogP contribution is 2.31. The van der Waals surface area contributed by atoms with Crippen LogP contribution >= 0.6 is 11.3 Å². The van der Waals surface area contributed by atoms with Crippen LogP contribution in [0.2, 0.25) is 0 Å². The van der Waals surface area contributed by atoms with Crippen molar-refractivity contribution in [1.82, 2.24) is 9.88 Å². The van der Waals surface area contributed by atoms with Gasteiger partial charge in [0.1, 0.15) is 0 Å². The summed E-state index contributed by atoms with van der Waals surface area (Å²) in [5.41, 5.74) is 0. The molecule has 2 saturated heterocycles. The number of ether oxygens (including phenoxy) is 1. The van der Waals surface area contributed by atoms with Crippen LogP contribution < -0.4 is 0 Å². The van der Waals surface area contributed by atoms with Gasteiger partial charge in [-0.2, -0.15) is 0 Å². The van der Waals surface area contributed by atoms with E-state index in [2.05, 4.69) is 16.8 Å². The number of carbonyl (C=O) groups is 1. The molecule has 20 heavy (non-hydrogen) atoms. The smallest absolute Gasteiger partial charge is 0.225 e. The molecule has 3 rings (SSSR count). The maximum atomic E-state index is 12.6. The molecule has 1 aromatic rings. The van der Waals surface area contributed by atoms with E-state index in [0.29, 0.717) is 11.8 Å². The molecule has 1 amide bonds. The van der Waals surface area contributed by atoms with Crippen molar-refractivity contribution in [2.45, 2.75) is 38.5 Å². The van der Waals surface area contributed by atoms with E-state index in [9.17, 15) is 4.79 Å². The third-order valence-electron chi connectivity index (χ3n) is 4.29. The monoisotopic (exact) mass is 294 g/mol. The largest absolute Gasteiger partial charge is 0.381 e. The van der Waals surface area contributed by atoms with Crippen LogP contribution in [0.4, 0.5) is 0 Å². The Morgan fingerprint density at radius 1 is 1.40 bits per heavy atom. The summed E-state index contributed by atoms with van der Waals surface area (Å²) < 4.78 is 5.35. The Morgan fingerprint density at radius 2 is 2.20 bits per heavy atom. The van der Waals surface area contributed by atoms with Gasteiger partial charge in [0.2, 0.25) is 5.91 Å². The fourth-order valence-electron chi connectivity index (χ4n) is 3.14. The zero-order valence-electron chi connectivity index (χ0n) is 12.0. The van der Waals surface area contributed by atoms with E-state index in [-0.39, 0.29) is 5.92 Å². The van der Waals surface area contributed by atoms with E-state index in [1.165, 1.54) is 9.88 Å². The minimum atomic E-state index is 0.181. The standard InChI is InChI=1S/C15H22N2O2S/c1-11-9-16-14(20-11)13-3-2-6-17(10-13)15(18)12-4-7-19-8-5-12/h9,12-13H,2-8,10H2,1H3/t13-/m0/s1. The predicted molar refractivity (Wildman–Crippen MR) is 78.9 cm³/mol. The normalized spacial score (nSPS) is 24.9. The lowest BCUT2D eigenvalue weighted by Gasteiger charge is -2.35. The SMILES string of the molecule is Cc1cnc([C@H]2CCCN(C(=O)C3CCOCC3)C2)s1. The van der Waals surface area contributed by atoms with Gasteiger partial charge in [0.05, 0.1) is 5.01 Å². The second kappa shape index (κ2) is 6.22. The lowest BCUT2D eigenvalue weighted by atomic mass is 9.94. The molecule has 0 aromatic carbocycles. The van der Waals surface area contributed by atoms with Crippen LogP contribution in [0.15, 0.2) is 6.20 Å². The number of hydrogen-bond acceptors (Lipinski definition) is 4. The first-order valence-electron chi connectivity index (χ1n) is 7.53. The number of nitrogens with zero attached hydrogens (tertiary/aromatic N) is 2. The highest BCUT2D eigenvalue weighted by Gasteiger charge is 2.31. The molecule has 1 aromatic heterocycles. The fourth-order valence-corrected chi connectivity index (χ4v) is 4.04. The first-order valence-corrected chi connectivity index (χ1v) is 8.34. The zero-order chi connectivity index (χ0) is 13.9. The number of likely N-dealkylation sites (tertiary alicyclic amines) is 1. The van der Waals surface area contributed by atoms with Crippen molar-refractivity contribution in [2.75, 3.05) is 26.3 Å². The summed E-state index contributed by atoms with van der Waals surface area (Å²) in [6.45, 7) is 5.33. The van der Waals surface area contributed by atoms with Gasteiger partial charge in [-0.1, -0.05) is 0 Å². The van der Waals surface area contributed by atoms with Crippen LogP contribution in [-0.2, 0) is 9.53 Å². The summed E-state index contributed by atoms with van der Waals surface area (Å²) >= 11 is 1.77. The van der Waals surface area contributed by atoms with Gasteiger partial charge in [0.15, 0.2) is 0 Å². The highest BCUT2D eigenvalue weighted by atomic mass is 32.1. The number of aromatic nitrogens is 1. The van der Waals surface area contributed by atoms with Crippen LogP contribution in [0.5, 0.6) is 0 Å². The predicted octanol–water partition coefficient (Wildman–Crippen LogP) is 2.58. The van der Waals surface area contributed by atoms with Crippen molar-refractivity contribution in [3.8, 4) is 0 Å². The van der Waals surface area contributed by atoms with Gasteiger partial charge in [-0.25, -0.2) is 4.98 Å². The minimum Gasteiger partial charge on any atom is -0.381 e. The highest BCUT2D eigenvalue weighted by molar-refractivity contribution is 7.11. The summed E-state index contributed by atoms with van der Waals surface area (Å²) in [5.74, 6) is 0.957. The number of hydrogen-bond donors (Lipinski definition) is 0. The van der Waals surface area contributed by atoms with E-state index >= 15 is 0 Å². The quantitative estimate of drug-likeness (QED) is 0.842. The molecule has 0 bridgehead atoms. The van der Waals surface area contributed by atoms with Crippen molar-refractivity contribution >= 4 is 17.2 Å². The molecular weight excluding hydrogens is 272 g/mol. The first-order chi connectivity index (χ1) is 9.74. The molecule has 4 nitrogen and oxygen atoms in total. The van der Waals surface area contributed by atoms with Crippen LogP contribution in [0.3, 0.4) is 0 Å². The Hall–Kier alpha value is -0.940. The van der Waals surface area contributed by atoms with Crippen molar-refractivity contribution in [2.24, 2.45) is 5.92 Å². The summed E-state index contributed by atoms with van der Waals surface area (Å²) in [6.07, 6.45) is 5.97. The van der Waals surface area contributed by atoms with Gasteiger partial charge in [-0.05, 0) is 32.6 Å². The maximum absolute atomic E-state index is 12.6. The van der Waals surface area contributed by atoms with Crippen molar-refractivity contribution < 1.29 is 9.53 Å². The Balaban J connectivity index is 1.63. The Kier molecular flexibility index (Phi) is 4.36. The molecule has 2 aliphatic heterocycles. The van der Waals surface area contributed by atoms with Gasteiger partial charge in [-0.3, -0.25) is 4.79 Å². The number of carbonyl (C=O) groups excluding carboxylic acids is 1. The summed E-state index contributed by atoms with van der Waals surface area (Å²) in [6, 6.07) is 0. The Morgan fingerprint density at radius 3 is 2.90 bits per heavy atom. The van der Waals surface area contributed by atoms with Gasteiger partial charge < -0.3 is 9.64 Å². The molecule has 3 heterocycles. The van der Waals surface area contributed by atoms with Crippen molar-refractivity contribution in [3.63, 3.8) is 0 Å². The molecule has 2 aliphatic rings. The van der Waals surface area contributed by atoms with Crippen LogP contribution in [0.25, 0.3) is 0 Å². The second-order valence-corrected chi connectivity index (χ2v) is 7.09. The molecular formula is C15H22N2O2S. The fraction of sp³-hybridized carbons (Fsp3) is 0.733. The number of amides is 1. The van der Waals surface area contributed by atoms with Crippen LogP contribution in [0.1, 0.15) is 41.5 Å². The molecule has 0 aliphatic carbocycles. The van der Waals surface area contributed by atoms with Gasteiger partial charge in [-0.15, -0.1) is 11.3 Å². The van der Waals surface area contributed by atoms with E-state index in [1.54, 1.807) is 11.3 Å². The van der Waals surface area contributed by atoms with E-state index in [4.69, 9.17) is 4.74 Å². The Bertz CT molecular complexity index is 468. The van der Waals surface area contributed by atoms with Crippen LogP contribution in [-0.4, -0.2) is 42.1 Å². The summed E-state index contributed by atoms with van der Waals surface area (Å²) in [7, 11) is 0. The van der Waals surface area contributed by atoms with E-state index in [1.807, 2.05) is 6.20 Å². The van der Waals surface area contributed by atoms with Crippen LogP contribution in [0, 0.1) is 12.8 Å². The van der Waals surface area contributed by atoms with Gasteiger partial charge >= 0.3 is 0 Å². The van der Waals surface area contributed by atoms with Crippen molar-refractivity contribution in [3.05, 3.63) is 16.1 Å². The second-order valence-electron chi connectivity index (χ2n) is 5.82. The molecule has 0 spiro atoms. The molecule has 0 saturated carbocycles. The molecule has 0 radical (unpaired) electrons. The number of aryl methyl sites for hydroxylation is 1. The number of thiazole rings is 1. The topological polar surface area (TPSA) is 42.4 Å². The zero-order valence-corrected chi connectivity index (χ0v) is 12.8. The molecule has 1 atom stereocenters. The van der Waals surface area contributed by atoms with E-state index in [0.717, 1.165) is 52.0 Å². The maximum Gasteiger partial charge on any atom is 0.225 e. The lowest BCUT2D eigenvalue weighted by Crippen LogP contribution is -2.43. The molecule has 0 N–H and O–H groups in total. The van der Waals surface area contributed by atoms with Gasteiger partial charge in [0.25, 0.3) is 0 Å². The third-order valence-corrected chi connectivity index (χ3v) is 5.37. The minimum absolute atomic E-state index is 0.181. The number of rotatable bonds is 2. The lowest BCUT2D eigenvalue weighted by molar-refractivity contribution is -0.139. The average Bonchev–Trinajstić information content (AvgIpc) is 2.94. The van der Waals surface area contributed by atoms with Crippen molar-refractivity contribution in [1.29, 1.82) is 0 Å². The average molecular weight is 294 g/mol.